The Morgan fingerprint density at radius 1 is 1.08 bits per heavy atom. The number of carbonyl (C=O) groups excluding carboxylic acids is 3. The van der Waals surface area contributed by atoms with Crippen LogP contribution in [0, 0.1) is 11.8 Å². The smallest absolute Gasteiger partial charge is 0.336 e. The van der Waals surface area contributed by atoms with E-state index >= 15 is 0 Å². The lowest BCUT2D eigenvalue weighted by atomic mass is 9.69. The molecule has 2 aromatic rings. The number of carbonyl (C=O) groups is 3. The van der Waals surface area contributed by atoms with Crippen molar-refractivity contribution in [2.45, 2.75) is 39.7 Å². The van der Waals surface area contributed by atoms with E-state index in [1.165, 1.54) is 7.11 Å². The molecule has 0 unspecified atom stereocenters. The van der Waals surface area contributed by atoms with E-state index < -0.39 is 23.8 Å². The standard InChI is InChI=1S/C31H35NO6S/c1-5-39-16-15-37-31(35)26-20(3)32-24-17-19(2)25(30(34)36-4)29(33)28(24)27(26)22-11-13-23(14-12-22)38-18-21-9-7-6-8-10-21/h6-14,19,25,27,32H,5,15-18H2,1-4H3/t19-,25-,27+/m1/s1. The van der Waals surface area contributed by atoms with Gasteiger partial charge in [0.15, 0.2) is 5.78 Å². The van der Waals surface area contributed by atoms with E-state index in [9.17, 15) is 14.4 Å². The van der Waals surface area contributed by atoms with Gasteiger partial charge in [0.05, 0.1) is 12.7 Å². The molecule has 39 heavy (non-hydrogen) atoms. The van der Waals surface area contributed by atoms with Crippen LogP contribution in [0.3, 0.4) is 0 Å². The Bertz CT molecular complexity index is 1270. The molecule has 0 saturated heterocycles. The summed E-state index contributed by atoms with van der Waals surface area (Å²) in [5, 5.41) is 3.29. The molecule has 206 valence electrons. The number of nitrogens with one attached hydrogen (secondary N) is 1. The molecule has 0 radical (unpaired) electrons. The van der Waals surface area contributed by atoms with E-state index in [0.29, 0.717) is 41.4 Å². The quantitative estimate of drug-likeness (QED) is 0.247. The topological polar surface area (TPSA) is 90.9 Å². The van der Waals surface area contributed by atoms with Crippen molar-refractivity contribution in [2.75, 3.05) is 25.2 Å². The number of dihydropyridines is 1. The highest BCUT2D eigenvalue weighted by molar-refractivity contribution is 7.99. The van der Waals surface area contributed by atoms with Gasteiger partial charge in [-0.25, -0.2) is 4.79 Å². The highest BCUT2D eigenvalue weighted by Gasteiger charge is 2.47. The van der Waals surface area contributed by atoms with Gasteiger partial charge in [-0.1, -0.05) is 56.3 Å². The number of ketones is 1. The van der Waals surface area contributed by atoms with E-state index in [2.05, 4.69) is 12.2 Å². The Kier molecular flexibility index (Phi) is 9.51. The molecule has 1 N–H and O–H groups in total. The normalized spacial score (nSPS) is 20.7. The summed E-state index contributed by atoms with van der Waals surface area (Å²) < 4.78 is 16.6. The molecule has 0 bridgehead atoms. The number of esters is 2. The zero-order chi connectivity index (χ0) is 27.9. The van der Waals surface area contributed by atoms with E-state index in [0.717, 1.165) is 22.6 Å². The number of thioether (sulfide) groups is 1. The van der Waals surface area contributed by atoms with Gasteiger partial charge in [-0.2, -0.15) is 11.8 Å². The number of hydrogen-bond acceptors (Lipinski definition) is 8. The van der Waals surface area contributed by atoms with Crippen molar-refractivity contribution in [1.82, 2.24) is 5.32 Å². The molecule has 0 fully saturated rings. The Balaban J connectivity index is 1.68. The molecule has 0 aromatic heterocycles. The average molecular weight is 550 g/mol. The van der Waals surface area contributed by atoms with Gasteiger partial charge in [0.25, 0.3) is 0 Å². The zero-order valence-corrected chi connectivity index (χ0v) is 23.6. The fourth-order valence-electron chi connectivity index (χ4n) is 5.20. The maximum atomic E-state index is 13.9. The third-order valence-corrected chi connectivity index (χ3v) is 7.95. The molecule has 1 heterocycles. The lowest BCUT2D eigenvalue weighted by molar-refractivity contribution is -0.151. The number of allylic oxidation sites excluding steroid dienone is 3. The zero-order valence-electron chi connectivity index (χ0n) is 22.8. The number of rotatable bonds is 10. The highest BCUT2D eigenvalue weighted by atomic mass is 32.2. The summed E-state index contributed by atoms with van der Waals surface area (Å²) in [7, 11) is 1.29. The molecule has 3 atom stereocenters. The van der Waals surface area contributed by atoms with Crippen molar-refractivity contribution in [3.63, 3.8) is 0 Å². The molecule has 4 rings (SSSR count). The van der Waals surface area contributed by atoms with Gasteiger partial charge >= 0.3 is 11.9 Å². The van der Waals surface area contributed by atoms with Crippen LogP contribution in [-0.2, 0) is 30.5 Å². The predicted octanol–water partition coefficient (Wildman–Crippen LogP) is 5.17. The number of hydrogen-bond donors (Lipinski definition) is 1. The molecule has 2 aromatic carbocycles. The third kappa shape index (κ3) is 6.38. The van der Waals surface area contributed by atoms with Crippen LogP contribution in [0.25, 0.3) is 0 Å². The van der Waals surface area contributed by atoms with E-state index in [1.54, 1.807) is 11.8 Å². The van der Waals surface area contributed by atoms with E-state index in [4.69, 9.17) is 14.2 Å². The molecule has 8 heteroatoms. The van der Waals surface area contributed by atoms with Crippen LogP contribution >= 0.6 is 11.8 Å². The summed E-state index contributed by atoms with van der Waals surface area (Å²) in [6.45, 7) is 6.44. The van der Waals surface area contributed by atoms with Crippen LogP contribution < -0.4 is 10.1 Å². The number of Topliss-reactive ketones (excluding diaryl/α,β-unsaturated/α-hetero) is 1. The minimum Gasteiger partial charge on any atom is -0.489 e. The molecule has 0 amide bonds. The molecule has 1 aliphatic heterocycles. The van der Waals surface area contributed by atoms with Gasteiger partial charge in [0.1, 0.15) is 24.9 Å². The molecule has 0 spiro atoms. The first kappa shape index (κ1) is 28.5. The lowest BCUT2D eigenvalue weighted by Gasteiger charge is -2.38. The summed E-state index contributed by atoms with van der Waals surface area (Å²) in [5.41, 5.74) is 3.97. The summed E-state index contributed by atoms with van der Waals surface area (Å²) >= 11 is 1.69. The van der Waals surface area contributed by atoms with Gasteiger partial charge in [-0.3, -0.25) is 9.59 Å². The Morgan fingerprint density at radius 3 is 2.46 bits per heavy atom. The van der Waals surface area contributed by atoms with Crippen molar-refractivity contribution >= 4 is 29.5 Å². The largest absolute Gasteiger partial charge is 0.489 e. The van der Waals surface area contributed by atoms with E-state index in [1.807, 2.05) is 68.4 Å². The Morgan fingerprint density at radius 2 is 1.79 bits per heavy atom. The van der Waals surface area contributed by atoms with Gasteiger partial charge < -0.3 is 19.5 Å². The predicted molar refractivity (Wildman–Crippen MR) is 151 cm³/mol. The lowest BCUT2D eigenvalue weighted by Crippen LogP contribution is -2.43. The van der Waals surface area contributed by atoms with Crippen molar-refractivity contribution in [2.24, 2.45) is 11.8 Å². The maximum Gasteiger partial charge on any atom is 0.336 e. The molecule has 2 aliphatic rings. The monoisotopic (exact) mass is 549 g/mol. The second-order valence-electron chi connectivity index (χ2n) is 9.71. The molecule has 0 saturated carbocycles. The van der Waals surface area contributed by atoms with Crippen LogP contribution in [0.15, 0.2) is 77.1 Å². The van der Waals surface area contributed by atoms with Gasteiger partial charge in [0.2, 0.25) is 0 Å². The van der Waals surface area contributed by atoms with Crippen LogP contribution in [0.1, 0.15) is 44.2 Å². The summed E-state index contributed by atoms with van der Waals surface area (Å²) in [6, 6.07) is 17.3. The minimum absolute atomic E-state index is 0.238. The van der Waals surface area contributed by atoms with Crippen LogP contribution in [0.4, 0.5) is 0 Å². The van der Waals surface area contributed by atoms with Gasteiger partial charge in [0, 0.05) is 28.6 Å². The summed E-state index contributed by atoms with van der Waals surface area (Å²) in [6.07, 6.45) is 0.489. The highest BCUT2D eigenvalue weighted by Crippen LogP contribution is 2.45. The first-order valence-corrected chi connectivity index (χ1v) is 14.4. The van der Waals surface area contributed by atoms with Crippen molar-refractivity contribution in [3.05, 3.63) is 88.3 Å². The Labute approximate surface area is 234 Å². The van der Waals surface area contributed by atoms with Crippen LogP contribution in [-0.4, -0.2) is 42.9 Å². The number of benzene rings is 2. The van der Waals surface area contributed by atoms with Crippen molar-refractivity contribution in [3.8, 4) is 5.75 Å². The van der Waals surface area contributed by atoms with Gasteiger partial charge in [-0.05, 0) is 48.3 Å². The first-order chi connectivity index (χ1) is 18.8. The number of methoxy groups -OCH3 is 1. The molecular weight excluding hydrogens is 514 g/mol. The minimum atomic E-state index is -0.928. The SMILES string of the molecule is CCSCCOC(=O)C1=C(C)NC2=C(C(=O)[C@H](C(=O)OC)[C@H](C)C2)[C@H]1c1ccc(OCc2ccccc2)cc1. The van der Waals surface area contributed by atoms with Crippen LogP contribution in [0.2, 0.25) is 0 Å². The number of ether oxygens (including phenoxy) is 3. The summed E-state index contributed by atoms with van der Waals surface area (Å²) in [5.74, 6) is -0.910. The average Bonchev–Trinajstić information content (AvgIpc) is 2.94. The van der Waals surface area contributed by atoms with Crippen molar-refractivity contribution in [1.29, 1.82) is 0 Å². The van der Waals surface area contributed by atoms with Crippen molar-refractivity contribution < 1.29 is 28.6 Å². The second kappa shape index (κ2) is 13.0. The fourth-order valence-corrected chi connectivity index (χ4v) is 5.69. The van der Waals surface area contributed by atoms with Crippen LogP contribution in [0.5, 0.6) is 5.75 Å². The second-order valence-corrected chi connectivity index (χ2v) is 11.1. The molecule has 1 aliphatic carbocycles. The summed E-state index contributed by atoms with van der Waals surface area (Å²) in [4.78, 5) is 39.9. The molecule has 7 nitrogen and oxygen atoms in total. The Hall–Kier alpha value is -3.52. The third-order valence-electron chi connectivity index (χ3n) is 7.09. The van der Waals surface area contributed by atoms with Gasteiger partial charge in [-0.15, -0.1) is 0 Å². The van der Waals surface area contributed by atoms with E-state index in [-0.39, 0.29) is 18.3 Å². The fraction of sp³-hybridized carbons (Fsp3) is 0.387. The maximum absolute atomic E-state index is 13.9. The molecular formula is C31H35NO6S. The first-order valence-electron chi connectivity index (χ1n) is 13.2.